The number of benzene rings is 1. The number of aromatic nitrogens is 2. The number of carbonyl (C=O) groups is 1. The van der Waals surface area contributed by atoms with Crippen LogP contribution in [-0.2, 0) is 0 Å². The third-order valence-electron chi connectivity index (χ3n) is 2.18. The summed E-state index contributed by atoms with van der Waals surface area (Å²) in [5.74, 6) is -0.545. The Balaban J connectivity index is 2.24. The van der Waals surface area contributed by atoms with E-state index in [2.05, 4.69) is 20.3 Å². The number of nitrogen functional groups attached to an aromatic ring is 1. The molecule has 0 aliphatic rings. The number of hydrogen-bond donors (Lipinski definition) is 2. The minimum absolute atomic E-state index is 0.0515. The summed E-state index contributed by atoms with van der Waals surface area (Å²) >= 11 is 5.83. The van der Waals surface area contributed by atoms with Gasteiger partial charge in [-0.15, -0.1) is 0 Å². The molecule has 6 nitrogen and oxygen atoms in total. The third-order valence-corrected chi connectivity index (χ3v) is 2.41. The number of nitrogens with one attached hydrogen (secondary N) is 1. The zero-order valence-electron chi connectivity index (χ0n) is 8.90. The number of rotatable bonds is 2. The van der Waals surface area contributed by atoms with Crippen molar-refractivity contribution in [2.24, 2.45) is 0 Å². The highest BCUT2D eigenvalue weighted by Crippen LogP contribution is 2.21. The molecule has 0 aliphatic carbocycles. The van der Waals surface area contributed by atoms with E-state index in [-0.39, 0.29) is 11.5 Å². The Morgan fingerprint density at radius 3 is 2.88 bits per heavy atom. The summed E-state index contributed by atoms with van der Waals surface area (Å²) in [5, 5.41) is 9.89. The van der Waals surface area contributed by atoms with Crippen LogP contribution in [0.3, 0.4) is 0 Å². The van der Waals surface area contributed by atoms with Crippen LogP contribution in [0.1, 0.15) is 16.1 Å². The van der Waals surface area contributed by atoms with E-state index in [1.807, 2.05) is 6.92 Å². The lowest BCUT2D eigenvalue weighted by Crippen LogP contribution is -2.15. The first-order chi connectivity index (χ1) is 8.08. The van der Waals surface area contributed by atoms with Gasteiger partial charge in [0, 0.05) is 10.7 Å². The fourth-order valence-electron chi connectivity index (χ4n) is 1.26. The van der Waals surface area contributed by atoms with Gasteiger partial charge in [-0.3, -0.25) is 4.79 Å². The summed E-state index contributed by atoms with van der Waals surface area (Å²) in [6, 6.07) is 5.17. The number of nitrogens with two attached hydrogens (primary N) is 1. The van der Waals surface area contributed by atoms with E-state index < -0.39 is 5.91 Å². The Morgan fingerprint density at radius 2 is 2.24 bits per heavy atom. The van der Waals surface area contributed by atoms with Crippen LogP contribution < -0.4 is 11.1 Å². The van der Waals surface area contributed by atoms with Crippen LogP contribution >= 0.6 is 11.6 Å². The molecule has 17 heavy (non-hydrogen) atoms. The molecule has 0 atom stereocenters. The Labute approximate surface area is 102 Å². The van der Waals surface area contributed by atoms with Crippen molar-refractivity contribution in [1.29, 1.82) is 0 Å². The minimum Gasteiger partial charge on any atom is -0.379 e. The van der Waals surface area contributed by atoms with Gasteiger partial charge in [-0.25, -0.2) is 4.63 Å². The third kappa shape index (κ3) is 2.36. The van der Waals surface area contributed by atoms with Crippen LogP contribution in [0.5, 0.6) is 0 Å². The molecule has 0 unspecified atom stereocenters. The van der Waals surface area contributed by atoms with Gasteiger partial charge in [0.05, 0.1) is 0 Å². The number of anilines is 2. The van der Waals surface area contributed by atoms with Crippen LogP contribution in [0.25, 0.3) is 0 Å². The van der Waals surface area contributed by atoms with Gasteiger partial charge in [0.2, 0.25) is 11.5 Å². The lowest BCUT2D eigenvalue weighted by Gasteiger charge is -2.06. The molecule has 1 aromatic heterocycles. The topological polar surface area (TPSA) is 94.0 Å². The van der Waals surface area contributed by atoms with E-state index in [4.69, 9.17) is 17.3 Å². The van der Waals surface area contributed by atoms with Gasteiger partial charge in [-0.1, -0.05) is 17.7 Å². The van der Waals surface area contributed by atoms with Gasteiger partial charge in [-0.05, 0) is 34.9 Å². The minimum atomic E-state index is -0.492. The molecule has 1 heterocycles. The van der Waals surface area contributed by atoms with Gasteiger partial charge in [-0.2, -0.15) is 0 Å². The molecular weight excluding hydrogens is 244 g/mol. The maximum atomic E-state index is 11.8. The summed E-state index contributed by atoms with van der Waals surface area (Å²) < 4.78 is 4.35. The summed E-state index contributed by atoms with van der Waals surface area (Å²) in [6.07, 6.45) is 0. The SMILES string of the molecule is Cc1ccc(Cl)cc1NC(=O)c1nonc1N. The lowest BCUT2D eigenvalue weighted by molar-refractivity contribution is 0.101. The number of hydrogen-bond acceptors (Lipinski definition) is 5. The molecule has 88 valence electrons. The second-order valence-electron chi connectivity index (χ2n) is 3.41. The van der Waals surface area contributed by atoms with E-state index in [1.165, 1.54) is 0 Å². The highest BCUT2D eigenvalue weighted by Gasteiger charge is 2.16. The van der Waals surface area contributed by atoms with Crippen LogP contribution in [0.4, 0.5) is 11.5 Å². The number of amides is 1. The summed E-state index contributed by atoms with van der Waals surface area (Å²) in [5.41, 5.74) is 6.82. The van der Waals surface area contributed by atoms with Crippen molar-refractivity contribution in [3.05, 3.63) is 34.5 Å². The van der Waals surface area contributed by atoms with Crippen molar-refractivity contribution < 1.29 is 9.42 Å². The molecule has 0 saturated carbocycles. The molecular formula is C10H9ClN4O2. The monoisotopic (exact) mass is 252 g/mol. The molecule has 0 saturated heterocycles. The fraction of sp³-hybridized carbons (Fsp3) is 0.100. The second kappa shape index (κ2) is 4.42. The smallest absolute Gasteiger partial charge is 0.281 e. The molecule has 0 spiro atoms. The van der Waals surface area contributed by atoms with Crippen molar-refractivity contribution in [3.63, 3.8) is 0 Å². The first kappa shape index (κ1) is 11.4. The standard InChI is InChI=1S/C10H9ClN4O2/c1-5-2-3-6(11)4-7(5)13-10(16)8-9(12)15-17-14-8/h2-4H,1H3,(H2,12,15)(H,13,16). The van der Waals surface area contributed by atoms with E-state index in [1.54, 1.807) is 18.2 Å². The zero-order chi connectivity index (χ0) is 12.4. The Kier molecular flexibility index (Phi) is 2.97. The molecule has 2 aromatic rings. The predicted octanol–water partition coefficient (Wildman–Crippen LogP) is 1.87. The van der Waals surface area contributed by atoms with E-state index in [9.17, 15) is 4.79 Å². The predicted molar refractivity (Wildman–Crippen MR) is 62.9 cm³/mol. The second-order valence-corrected chi connectivity index (χ2v) is 3.85. The van der Waals surface area contributed by atoms with Crippen LogP contribution in [0.2, 0.25) is 5.02 Å². The van der Waals surface area contributed by atoms with Gasteiger partial charge in [0.25, 0.3) is 5.91 Å². The van der Waals surface area contributed by atoms with Crippen LogP contribution in [-0.4, -0.2) is 16.2 Å². The van der Waals surface area contributed by atoms with E-state index >= 15 is 0 Å². The molecule has 2 rings (SSSR count). The number of halogens is 1. The molecule has 3 N–H and O–H groups in total. The average Bonchev–Trinajstić information content (AvgIpc) is 2.70. The summed E-state index contributed by atoms with van der Waals surface area (Å²) in [7, 11) is 0. The first-order valence-corrected chi connectivity index (χ1v) is 5.11. The Hall–Kier alpha value is -2.08. The fourth-order valence-corrected chi connectivity index (χ4v) is 1.44. The van der Waals surface area contributed by atoms with E-state index in [0.717, 1.165) is 5.56 Å². The molecule has 0 radical (unpaired) electrons. The number of aryl methyl sites for hydroxylation is 1. The van der Waals surface area contributed by atoms with Crippen molar-refractivity contribution in [2.75, 3.05) is 11.1 Å². The normalized spacial score (nSPS) is 10.2. The molecule has 1 amide bonds. The number of carbonyl (C=O) groups excluding carboxylic acids is 1. The van der Waals surface area contributed by atoms with Gasteiger partial charge in [0.1, 0.15) is 0 Å². The maximum Gasteiger partial charge on any atom is 0.281 e. The van der Waals surface area contributed by atoms with Crippen LogP contribution in [0.15, 0.2) is 22.8 Å². The largest absolute Gasteiger partial charge is 0.379 e. The molecule has 0 bridgehead atoms. The lowest BCUT2D eigenvalue weighted by atomic mass is 10.2. The first-order valence-electron chi connectivity index (χ1n) is 4.73. The number of nitrogens with zero attached hydrogens (tertiary/aromatic N) is 2. The quantitative estimate of drug-likeness (QED) is 0.851. The van der Waals surface area contributed by atoms with Gasteiger partial charge in [0.15, 0.2) is 0 Å². The van der Waals surface area contributed by atoms with Gasteiger partial charge < -0.3 is 11.1 Å². The molecule has 0 fully saturated rings. The summed E-state index contributed by atoms with van der Waals surface area (Å²) in [4.78, 5) is 11.8. The molecule has 0 aliphatic heterocycles. The average molecular weight is 253 g/mol. The Bertz CT molecular complexity index is 567. The van der Waals surface area contributed by atoms with Gasteiger partial charge >= 0.3 is 0 Å². The van der Waals surface area contributed by atoms with Crippen molar-refractivity contribution >= 4 is 29.0 Å². The van der Waals surface area contributed by atoms with E-state index in [0.29, 0.717) is 10.7 Å². The van der Waals surface area contributed by atoms with Crippen molar-refractivity contribution in [3.8, 4) is 0 Å². The highest BCUT2D eigenvalue weighted by atomic mass is 35.5. The maximum absolute atomic E-state index is 11.8. The zero-order valence-corrected chi connectivity index (χ0v) is 9.65. The van der Waals surface area contributed by atoms with Crippen molar-refractivity contribution in [1.82, 2.24) is 10.3 Å². The summed E-state index contributed by atoms with van der Waals surface area (Å²) in [6.45, 7) is 1.84. The highest BCUT2D eigenvalue weighted by molar-refractivity contribution is 6.31. The molecule has 7 heteroatoms. The van der Waals surface area contributed by atoms with Crippen LogP contribution in [0, 0.1) is 6.92 Å². The Morgan fingerprint density at radius 1 is 1.47 bits per heavy atom. The van der Waals surface area contributed by atoms with Crippen molar-refractivity contribution in [2.45, 2.75) is 6.92 Å². The molecule has 1 aromatic carbocycles.